The number of anilines is 1. The van der Waals surface area contributed by atoms with E-state index in [1.165, 1.54) is 12.1 Å². The largest absolute Gasteiger partial charge is 0.436 e. The van der Waals surface area contributed by atoms with Crippen molar-refractivity contribution in [2.45, 2.75) is 0 Å². The highest BCUT2D eigenvalue weighted by molar-refractivity contribution is 7.98. The quantitative estimate of drug-likeness (QED) is 0.106. The number of fused-ring (bicyclic) bond motifs is 2. The number of aromatic nitrogens is 2. The monoisotopic (exact) mass is 587 g/mol. The van der Waals surface area contributed by atoms with Gasteiger partial charge in [0.05, 0.1) is 9.85 Å². The fourth-order valence-corrected chi connectivity index (χ4v) is 4.34. The lowest BCUT2D eigenvalue weighted by atomic mass is 10.1. The van der Waals surface area contributed by atoms with E-state index < -0.39 is 21.4 Å². The van der Waals surface area contributed by atoms with Gasteiger partial charge in [-0.1, -0.05) is 24.3 Å². The molecule has 42 heavy (non-hydrogen) atoms. The van der Waals surface area contributed by atoms with Crippen LogP contribution in [0.3, 0.4) is 0 Å². The van der Waals surface area contributed by atoms with E-state index in [0.29, 0.717) is 45.9 Å². The maximum Gasteiger partial charge on any atom is 0.305 e. The summed E-state index contributed by atoms with van der Waals surface area (Å²) in [5.74, 6) is 0.600. The minimum absolute atomic E-state index is 0.0193. The molecule has 11 nitrogen and oxygen atoms in total. The van der Waals surface area contributed by atoms with Crippen LogP contribution in [0.2, 0.25) is 0 Å². The average molecular weight is 588 g/mol. The Balaban J connectivity index is 0.000000171. The van der Waals surface area contributed by atoms with Crippen LogP contribution in [0.4, 0.5) is 21.5 Å². The Bertz CT molecular complexity index is 1840. The molecule has 0 saturated heterocycles. The average Bonchev–Trinajstić information content (AvgIpc) is 3.62. The standard InChI is InChI=1S/C16H15N3O3S.C13H7FN2O3/c1-23-9-8-17-12-7-6-11(10-14(12)19(20)21)16-18-13-4-2-3-5-15(13)22-16;14-9-6-5-8(7-11(9)16(17)18)13-15-10-3-1-2-4-12(10)19-13/h2-7,10,17H,8-9H2,1H3;1-7H. The number of nitro groups is 2. The van der Waals surface area contributed by atoms with Gasteiger partial charge >= 0.3 is 5.69 Å². The van der Waals surface area contributed by atoms with Crippen LogP contribution in [0.25, 0.3) is 45.1 Å². The molecule has 212 valence electrons. The molecule has 4 aromatic carbocycles. The summed E-state index contributed by atoms with van der Waals surface area (Å²) in [4.78, 5) is 29.4. The number of hydrogen-bond donors (Lipinski definition) is 1. The molecule has 6 aromatic rings. The molecule has 0 aliphatic heterocycles. The van der Waals surface area contributed by atoms with Crippen LogP contribution in [-0.2, 0) is 0 Å². The third-order valence-corrected chi connectivity index (χ3v) is 6.65. The highest BCUT2D eigenvalue weighted by atomic mass is 32.2. The van der Waals surface area contributed by atoms with Crippen molar-refractivity contribution in [1.82, 2.24) is 9.97 Å². The predicted molar refractivity (Wildman–Crippen MR) is 159 cm³/mol. The highest BCUT2D eigenvalue weighted by Gasteiger charge is 2.19. The van der Waals surface area contributed by atoms with Crippen molar-refractivity contribution in [3.05, 3.63) is 111 Å². The SMILES string of the molecule is CSCCNc1ccc(-c2nc3ccccc3o2)cc1[N+](=O)[O-].O=[N+]([O-])c1cc(-c2nc3ccccc3o2)ccc1F. The van der Waals surface area contributed by atoms with E-state index in [1.807, 2.05) is 36.6 Å². The lowest BCUT2D eigenvalue weighted by molar-refractivity contribution is -0.387. The topological polar surface area (TPSA) is 150 Å². The van der Waals surface area contributed by atoms with Gasteiger partial charge in [-0.05, 0) is 54.8 Å². The summed E-state index contributed by atoms with van der Waals surface area (Å²) in [7, 11) is 0. The number of para-hydroxylation sites is 4. The molecule has 0 amide bonds. The Morgan fingerprint density at radius 2 is 1.31 bits per heavy atom. The smallest absolute Gasteiger partial charge is 0.305 e. The second-order valence-corrected chi connectivity index (χ2v) is 9.79. The summed E-state index contributed by atoms with van der Waals surface area (Å²) in [5.41, 5.74) is 3.48. The van der Waals surface area contributed by atoms with Gasteiger partial charge in [0.15, 0.2) is 11.2 Å². The zero-order chi connectivity index (χ0) is 29.6. The zero-order valence-corrected chi connectivity index (χ0v) is 22.8. The number of nitro benzene ring substituents is 2. The molecule has 0 radical (unpaired) electrons. The summed E-state index contributed by atoms with van der Waals surface area (Å²) in [5, 5.41) is 25.1. The van der Waals surface area contributed by atoms with E-state index in [1.54, 1.807) is 42.1 Å². The van der Waals surface area contributed by atoms with E-state index in [4.69, 9.17) is 8.83 Å². The predicted octanol–water partition coefficient (Wildman–Crippen LogP) is 7.72. The first-order valence-electron chi connectivity index (χ1n) is 12.5. The fraction of sp³-hybridized carbons (Fsp3) is 0.103. The van der Waals surface area contributed by atoms with E-state index in [9.17, 15) is 24.6 Å². The van der Waals surface area contributed by atoms with Crippen molar-refractivity contribution in [3.8, 4) is 22.9 Å². The Hall–Kier alpha value is -5.30. The minimum Gasteiger partial charge on any atom is -0.436 e. The van der Waals surface area contributed by atoms with Crippen molar-refractivity contribution in [1.29, 1.82) is 0 Å². The number of nitrogens with one attached hydrogen (secondary N) is 1. The normalized spacial score (nSPS) is 10.8. The van der Waals surface area contributed by atoms with Gasteiger partial charge in [-0.15, -0.1) is 0 Å². The first-order chi connectivity index (χ1) is 20.3. The maximum atomic E-state index is 13.2. The molecule has 0 spiro atoms. The van der Waals surface area contributed by atoms with Gasteiger partial charge in [0, 0.05) is 35.6 Å². The zero-order valence-electron chi connectivity index (χ0n) is 22.0. The Morgan fingerprint density at radius 1 is 0.786 bits per heavy atom. The molecule has 0 aliphatic carbocycles. The highest BCUT2D eigenvalue weighted by Crippen LogP contribution is 2.32. The van der Waals surface area contributed by atoms with Crippen LogP contribution >= 0.6 is 11.8 Å². The van der Waals surface area contributed by atoms with E-state index >= 15 is 0 Å². The molecule has 0 saturated carbocycles. The first kappa shape index (κ1) is 28.2. The van der Waals surface area contributed by atoms with Crippen LogP contribution in [0.5, 0.6) is 0 Å². The summed E-state index contributed by atoms with van der Waals surface area (Å²) in [6, 6.07) is 23.0. The van der Waals surface area contributed by atoms with Crippen molar-refractivity contribution in [2.75, 3.05) is 23.9 Å². The molecule has 13 heteroatoms. The first-order valence-corrected chi connectivity index (χ1v) is 13.9. The van der Waals surface area contributed by atoms with Gasteiger partial charge in [-0.25, -0.2) is 9.97 Å². The lowest BCUT2D eigenvalue weighted by Crippen LogP contribution is -2.06. The third-order valence-electron chi connectivity index (χ3n) is 6.04. The molecule has 2 heterocycles. The number of nitrogens with zero attached hydrogens (tertiary/aromatic N) is 4. The molecule has 0 atom stereocenters. The summed E-state index contributed by atoms with van der Waals surface area (Å²) in [6.07, 6.45) is 1.99. The Labute approximate surface area is 241 Å². The van der Waals surface area contributed by atoms with Gasteiger partial charge in [-0.2, -0.15) is 16.2 Å². The molecule has 0 unspecified atom stereocenters. The molecular formula is C29H22FN5O6S. The summed E-state index contributed by atoms with van der Waals surface area (Å²) >= 11 is 1.68. The van der Waals surface area contributed by atoms with Crippen LogP contribution in [0.1, 0.15) is 0 Å². The third kappa shape index (κ3) is 6.20. The number of halogens is 1. The molecule has 2 aromatic heterocycles. The molecule has 6 rings (SSSR count). The second kappa shape index (κ2) is 12.5. The molecular weight excluding hydrogens is 565 g/mol. The van der Waals surface area contributed by atoms with Crippen molar-refractivity contribution < 1.29 is 23.1 Å². The van der Waals surface area contributed by atoms with Gasteiger partial charge in [0.25, 0.3) is 5.69 Å². The minimum atomic E-state index is -0.884. The van der Waals surface area contributed by atoms with Crippen LogP contribution in [0.15, 0.2) is 93.8 Å². The maximum absolute atomic E-state index is 13.2. The Morgan fingerprint density at radius 3 is 1.83 bits per heavy atom. The molecule has 0 aliphatic rings. The fourth-order valence-electron chi connectivity index (χ4n) is 4.03. The van der Waals surface area contributed by atoms with Crippen LogP contribution in [-0.4, -0.2) is 38.4 Å². The van der Waals surface area contributed by atoms with Crippen LogP contribution in [0, 0.1) is 26.0 Å². The van der Waals surface area contributed by atoms with E-state index in [-0.39, 0.29) is 11.6 Å². The number of thioether (sulfide) groups is 1. The van der Waals surface area contributed by atoms with Gasteiger partial charge < -0.3 is 14.2 Å². The number of hydrogen-bond acceptors (Lipinski definition) is 10. The van der Waals surface area contributed by atoms with Crippen molar-refractivity contribution in [3.63, 3.8) is 0 Å². The van der Waals surface area contributed by atoms with Gasteiger partial charge in [0.1, 0.15) is 16.7 Å². The van der Waals surface area contributed by atoms with E-state index in [2.05, 4.69) is 15.3 Å². The Kier molecular flexibility index (Phi) is 8.39. The summed E-state index contributed by atoms with van der Waals surface area (Å²) < 4.78 is 24.4. The van der Waals surface area contributed by atoms with Crippen molar-refractivity contribution >= 4 is 51.0 Å². The van der Waals surface area contributed by atoms with Gasteiger partial charge in [0.2, 0.25) is 17.6 Å². The molecule has 1 N–H and O–H groups in total. The lowest BCUT2D eigenvalue weighted by Gasteiger charge is -2.07. The molecule has 0 bridgehead atoms. The second-order valence-electron chi connectivity index (χ2n) is 8.81. The van der Waals surface area contributed by atoms with Crippen molar-refractivity contribution in [2.24, 2.45) is 0 Å². The number of oxazole rings is 2. The summed E-state index contributed by atoms with van der Waals surface area (Å²) in [6.45, 7) is 0.671. The van der Waals surface area contributed by atoms with Gasteiger partial charge in [-0.3, -0.25) is 20.2 Å². The molecule has 0 fully saturated rings. The number of benzene rings is 4. The van der Waals surface area contributed by atoms with Crippen LogP contribution < -0.4 is 5.32 Å². The van der Waals surface area contributed by atoms with E-state index in [0.717, 1.165) is 23.4 Å². The number of rotatable bonds is 8.